The van der Waals surface area contributed by atoms with Crippen molar-refractivity contribution in [2.75, 3.05) is 26.7 Å². The Morgan fingerprint density at radius 2 is 2.00 bits per heavy atom. The van der Waals surface area contributed by atoms with E-state index < -0.39 is 0 Å². The van der Waals surface area contributed by atoms with E-state index in [1.165, 1.54) is 5.56 Å². The van der Waals surface area contributed by atoms with E-state index in [4.69, 9.17) is 0 Å². The summed E-state index contributed by atoms with van der Waals surface area (Å²) in [5, 5.41) is 10.7. The Bertz CT molecular complexity index is 627. The molecule has 0 saturated carbocycles. The second-order valence-corrected chi connectivity index (χ2v) is 5.65. The minimum Gasteiger partial charge on any atom is -0.357 e. The summed E-state index contributed by atoms with van der Waals surface area (Å²) in [7, 11) is 4.00. The van der Waals surface area contributed by atoms with Gasteiger partial charge in [0.25, 0.3) is 0 Å². The van der Waals surface area contributed by atoms with Crippen molar-refractivity contribution in [1.82, 2.24) is 30.3 Å². The van der Waals surface area contributed by atoms with Crippen LogP contribution in [-0.2, 0) is 20.1 Å². The Morgan fingerprint density at radius 1 is 1.24 bits per heavy atom. The van der Waals surface area contributed by atoms with Crippen molar-refractivity contribution < 1.29 is 0 Å². The summed E-state index contributed by atoms with van der Waals surface area (Å²) in [6.07, 6.45) is 1.55. The topological polar surface area (TPSA) is 70.4 Å². The highest BCUT2D eigenvalue weighted by Gasteiger charge is 2.03. The average Bonchev–Trinajstić information content (AvgIpc) is 2.98. The molecule has 1 aromatic heterocycles. The van der Waals surface area contributed by atoms with Crippen molar-refractivity contribution in [3.8, 4) is 0 Å². The zero-order chi connectivity index (χ0) is 17.2. The number of nitrogens with one attached hydrogen (secondary N) is 2. The lowest BCUT2D eigenvalue weighted by molar-refractivity contribution is 0.331. The van der Waals surface area contributed by atoms with Crippen LogP contribution in [0.15, 0.2) is 41.7 Å². The molecule has 7 nitrogen and oxygen atoms in total. The summed E-state index contributed by atoms with van der Waals surface area (Å²) in [6, 6.07) is 10.5. The highest BCUT2D eigenvalue weighted by atomic mass is 127. The van der Waals surface area contributed by atoms with Crippen molar-refractivity contribution in [2.24, 2.45) is 12.0 Å². The smallest absolute Gasteiger partial charge is 0.191 e. The van der Waals surface area contributed by atoms with Gasteiger partial charge in [0.05, 0.1) is 0 Å². The number of benzene rings is 1. The normalized spacial score (nSPS) is 11.3. The van der Waals surface area contributed by atoms with E-state index in [1.807, 2.05) is 13.1 Å². The van der Waals surface area contributed by atoms with Crippen molar-refractivity contribution in [3.05, 3.63) is 48.0 Å². The number of likely N-dealkylation sites (N-methyl/N-ethyl adjacent to an activating group) is 1. The molecule has 0 saturated heterocycles. The van der Waals surface area contributed by atoms with Gasteiger partial charge in [-0.05, 0) is 19.5 Å². The molecule has 0 aliphatic carbocycles. The Morgan fingerprint density at radius 3 is 2.64 bits per heavy atom. The van der Waals surface area contributed by atoms with Crippen molar-refractivity contribution in [2.45, 2.75) is 20.0 Å². The first-order chi connectivity index (χ1) is 11.7. The van der Waals surface area contributed by atoms with Crippen LogP contribution in [0.4, 0.5) is 0 Å². The van der Waals surface area contributed by atoms with E-state index in [0.717, 1.165) is 38.0 Å². The minimum atomic E-state index is 0. The van der Waals surface area contributed by atoms with Gasteiger partial charge in [-0.15, -0.1) is 24.0 Å². The number of hydrogen-bond acceptors (Lipinski definition) is 4. The molecule has 138 valence electrons. The van der Waals surface area contributed by atoms with Crippen LogP contribution in [0.25, 0.3) is 0 Å². The lowest BCUT2D eigenvalue weighted by atomic mass is 10.2. The molecule has 0 radical (unpaired) electrons. The van der Waals surface area contributed by atoms with Crippen molar-refractivity contribution in [1.29, 1.82) is 0 Å². The molecule has 0 spiro atoms. The van der Waals surface area contributed by atoms with Gasteiger partial charge in [-0.1, -0.05) is 30.3 Å². The third kappa shape index (κ3) is 7.82. The van der Waals surface area contributed by atoms with Crippen LogP contribution in [0.3, 0.4) is 0 Å². The van der Waals surface area contributed by atoms with E-state index in [1.54, 1.807) is 11.0 Å². The Labute approximate surface area is 166 Å². The molecule has 2 N–H and O–H groups in total. The summed E-state index contributed by atoms with van der Waals surface area (Å²) >= 11 is 0. The molecule has 2 aromatic rings. The second-order valence-electron chi connectivity index (χ2n) is 5.65. The quantitative estimate of drug-likeness (QED) is 0.358. The predicted octanol–water partition coefficient (Wildman–Crippen LogP) is 1.62. The third-order valence-electron chi connectivity index (χ3n) is 3.61. The monoisotopic (exact) mass is 457 g/mol. The molecular formula is C17H28IN7. The van der Waals surface area contributed by atoms with E-state index in [0.29, 0.717) is 6.54 Å². The van der Waals surface area contributed by atoms with Gasteiger partial charge in [0, 0.05) is 33.2 Å². The van der Waals surface area contributed by atoms with E-state index >= 15 is 0 Å². The van der Waals surface area contributed by atoms with Crippen LogP contribution < -0.4 is 10.6 Å². The number of aliphatic imine (C=N–C) groups is 1. The number of rotatable bonds is 8. The van der Waals surface area contributed by atoms with E-state index in [2.05, 4.69) is 68.8 Å². The summed E-state index contributed by atoms with van der Waals surface area (Å²) < 4.78 is 1.74. The number of guanidine groups is 1. The van der Waals surface area contributed by atoms with Crippen LogP contribution in [-0.4, -0.2) is 52.3 Å². The van der Waals surface area contributed by atoms with Gasteiger partial charge in [0.2, 0.25) is 0 Å². The van der Waals surface area contributed by atoms with E-state index in [-0.39, 0.29) is 24.0 Å². The maximum absolute atomic E-state index is 4.55. The van der Waals surface area contributed by atoms with Gasteiger partial charge in [-0.3, -0.25) is 4.68 Å². The van der Waals surface area contributed by atoms with Crippen LogP contribution in [0, 0.1) is 0 Å². The summed E-state index contributed by atoms with van der Waals surface area (Å²) in [6.45, 7) is 6.09. The predicted molar refractivity (Wildman–Crippen MR) is 112 cm³/mol. The molecule has 0 fully saturated rings. The molecule has 0 aliphatic rings. The second kappa shape index (κ2) is 11.8. The van der Waals surface area contributed by atoms with Gasteiger partial charge in [-0.2, -0.15) is 5.10 Å². The molecular weight excluding hydrogens is 429 g/mol. The fourth-order valence-electron chi connectivity index (χ4n) is 2.29. The van der Waals surface area contributed by atoms with Crippen LogP contribution in [0.2, 0.25) is 0 Å². The minimum absolute atomic E-state index is 0. The molecule has 0 aliphatic heterocycles. The Balaban J connectivity index is 0.00000312. The van der Waals surface area contributed by atoms with Crippen LogP contribution >= 0.6 is 24.0 Å². The molecule has 25 heavy (non-hydrogen) atoms. The number of aromatic nitrogens is 3. The lowest BCUT2D eigenvalue weighted by Crippen LogP contribution is -2.40. The first kappa shape index (κ1) is 21.4. The summed E-state index contributed by atoms with van der Waals surface area (Å²) in [5.41, 5.74) is 1.32. The highest BCUT2D eigenvalue weighted by Crippen LogP contribution is 2.01. The zero-order valence-electron chi connectivity index (χ0n) is 15.1. The number of nitrogens with zero attached hydrogens (tertiary/aromatic N) is 5. The van der Waals surface area contributed by atoms with Crippen molar-refractivity contribution >= 4 is 29.9 Å². The Hall–Kier alpha value is -1.68. The zero-order valence-corrected chi connectivity index (χ0v) is 17.5. The lowest BCUT2D eigenvalue weighted by Gasteiger charge is -2.18. The molecule has 0 amide bonds. The molecule has 1 heterocycles. The SMILES string of the molecule is CCNC(=NCc1ncnn1C)NCCN(C)Cc1ccccc1.I. The van der Waals surface area contributed by atoms with Gasteiger partial charge in [0.1, 0.15) is 18.7 Å². The number of halogens is 1. The van der Waals surface area contributed by atoms with Gasteiger partial charge >= 0.3 is 0 Å². The number of aryl methyl sites for hydroxylation is 1. The third-order valence-corrected chi connectivity index (χ3v) is 3.61. The maximum Gasteiger partial charge on any atom is 0.191 e. The molecule has 0 atom stereocenters. The average molecular weight is 457 g/mol. The summed E-state index contributed by atoms with van der Waals surface area (Å²) in [4.78, 5) is 11.0. The molecule has 2 rings (SSSR count). The summed E-state index contributed by atoms with van der Waals surface area (Å²) in [5.74, 6) is 1.64. The first-order valence-corrected chi connectivity index (χ1v) is 8.26. The molecule has 0 unspecified atom stereocenters. The molecule has 1 aromatic carbocycles. The highest BCUT2D eigenvalue weighted by molar-refractivity contribution is 14.0. The van der Waals surface area contributed by atoms with Gasteiger partial charge in [0.15, 0.2) is 5.96 Å². The van der Waals surface area contributed by atoms with Crippen LogP contribution in [0.1, 0.15) is 18.3 Å². The van der Waals surface area contributed by atoms with Crippen molar-refractivity contribution in [3.63, 3.8) is 0 Å². The van der Waals surface area contributed by atoms with E-state index in [9.17, 15) is 0 Å². The number of hydrogen-bond donors (Lipinski definition) is 2. The largest absolute Gasteiger partial charge is 0.357 e. The van der Waals surface area contributed by atoms with Gasteiger partial charge in [-0.25, -0.2) is 9.98 Å². The van der Waals surface area contributed by atoms with Crippen LogP contribution in [0.5, 0.6) is 0 Å². The Kier molecular flexibility index (Phi) is 10.1. The maximum atomic E-state index is 4.55. The standard InChI is InChI=1S/C17H27N7.HI/c1-4-18-17(20-12-16-21-14-22-24(16)3)19-10-11-23(2)13-15-8-6-5-7-9-15;/h5-9,14H,4,10-13H2,1-3H3,(H2,18,19,20);1H. The first-order valence-electron chi connectivity index (χ1n) is 8.26. The fourth-order valence-corrected chi connectivity index (χ4v) is 2.29. The van der Waals surface area contributed by atoms with Gasteiger partial charge < -0.3 is 15.5 Å². The molecule has 0 bridgehead atoms. The fraction of sp³-hybridized carbons (Fsp3) is 0.471. The molecule has 8 heteroatoms.